The molecule has 30 heavy (non-hydrogen) atoms. The van der Waals surface area contributed by atoms with Crippen LogP contribution in [0.25, 0.3) is 0 Å². The van der Waals surface area contributed by atoms with Crippen LogP contribution in [0, 0.1) is 30.9 Å². The maximum atomic E-state index is 13.5. The van der Waals surface area contributed by atoms with E-state index in [4.69, 9.17) is 0 Å². The standard InChI is InChI=1S/C22H24F2N2O3S/c1-13-9-15(23)5-7-17(13)25-19-11-22(3,4)12-20(27)21(19)30(28,29)26-18-8-6-16(24)10-14(18)2/h5-10,25-26H,11-12H2,1-4H3. The molecule has 0 saturated carbocycles. The Morgan fingerprint density at radius 1 is 0.900 bits per heavy atom. The molecule has 0 spiro atoms. The summed E-state index contributed by atoms with van der Waals surface area (Å²) in [5.41, 5.74) is 1.49. The van der Waals surface area contributed by atoms with Gasteiger partial charge >= 0.3 is 0 Å². The Labute approximate surface area is 175 Å². The molecule has 0 atom stereocenters. The Kier molecular flexibility index (Phi) is 5.73. The van der Waals surface area contributed by atoms with Crippen LogP contribution in [0.2, 0.25) is 0 Å². The first-order valence-corrected chi connectivity index (χ1v) is 10.9. The van der Waals surface area contributed by atoms with E-state index in [9.17, 15) is 22.0 Å². The van der Waals surface area contributed by atoms with Gasteiger partial charge in [0, 0.05) is 17.8 Å². The van der Waals surface area contributed by atoms with Crippen molar-refractivity contribution in [1.29, 1.82) is 0 Å². The highest BCUT2D eigenvalue weighted by Crippen LogP contribution is 2.39. The number of hydrogen-bond acceptors (Lipinski definition) is 4. The number of ketones is 1. The van der Waals surface area contributed by atoms with Crippen LogP contribution < -0.4 is 10.0 Å². The molecule has 2 N–H and O–H groups in total. The molecule has 0 radical (unpaired) electrons. The predicted molar refractivity (Wildman–Crippen MR) is 113 cm³/mol. The van der Waals surface area contributed by atoms with Gasteiger partial charge in [0.1, 0.15) is 16.5 Å². The quantitative estimate of drug-likeness (QED) is 0.692. The second kappa shape index (κ2) is 7.83. The summed E-state index contributed by atoms with van der Waals surface area (Å²) >= 11 is 0. The molecule has 3 rings (SSSR count). The molecule has 160 valence electrons. The highest BCUT2D eigenvalue weighted by Gasteiger charge is 2.39. The normalized spacial score (nSPS) is 16.5. The van der Waals surface area contributed by atoms with Gasteiger partial charge in [-0.3, -0.25) is 9.52 Å². The van der Waals surface area contributed by atoms with Crippen LogP contribution in [0.4, 0.5) is 20.2 Å². The van der Waals surface area contributed by atoms with E-state index in [1.165, 1.54) is 30.3 Å². The second-order valence-corrected chi connectivity index (χ2v) is 10.0. The number of anilines is 2. The molecule has 0 unspecified atom stereocenters. The lowest BCUT2D eigenvalue weighted by Gasteiger charge is -2.32. The highest BCUT2D eigenvalue weighted by molar-refractivity contribution is 7.97. The van der Waals surface area contributed by atoms with Crippen molar-refractivity contribution in [3.8, 4) is 0 Å². The lowest BCUT2D eigenvalue weighted by Crippen LogP contribution is -2.34. The number of carbonyl (C=O) groups excluding carboxylic acids is 1. The van der Waals surface area contributed by atoms with Crippen molar-refractivity contribution < 1.29 is 22.0 Å². The highest BCUT2D eigenvalue weighted by atomic mass is 32.2. The van der Waals surface area contributed by atoms with Gasteiger partial charge in [0.25, 0.3) is 10.0 Å². The molecule has 0 heterocycles. The van der Waals surface area contributed by atoms with Crippen molar-refractivity contribution in [2.75, 3.05) is 10.0 Å². The molecule has 8 heteroatoms. The van der Waals surface area contributed by atoms with Crippen LogP contribution >= 0.6 is 0 Å². The summed E-state index contributed by atoms with van der Waals surface area (Å²) in [5, 5.41) is 3.04. The average Bonchev–Trinajstić information content (AvgIpc) is 2.58. The summed E-state index contributed by atoms with van der Waals surface area (Å²) in [6.07, 6.45) is 0.382. The van der Waals surface area contributed by atoms with Gasteiger partial charge in [-0.05, 0) is 73.2 Å². The molecule has 0 aliphatic heterocycles. The summed E-state index contributed by atoms with van der Waals surface area (Å²) in [5.74, 6) is -1.41. The van der Waals surface area contributed by atoms with Crippen molar-refractivity contribution in [3.63, 3.8) is 0 Å². The molecule has 0 saturated heterocycles. The molecule has 0 bridgehead atoms. The Balaban J connectivity index is 2.08. The van der Waals surface area contributed by atoms with Crippen LogP contribution in [-0.4, -0.2) is 14.2 Å². The van der Waals surface area contributed by atoms with E-state index in [2.05, 4.69) is 10.0 Å². The minimum absolute atomic E-state index is 0.0687. The lowest BCUT2D eigenvalue weighted by molar-refractivity contribution is -0.117. The van der Waals surface area contributed by atoms with Gasteiger partial charge in [0.05, 0.1) is 5.69 Å². The Morgan fingerprint density at radius 3 is 1.97 bits per heavy atom. The monoisotopic (exact) mass is 434 g/mol. The van der Waals surface area contributed by atoms with Gasteiger partial charge in [-0.2, -0.15) is 0 Å². The number of hydrogen-bond donors (Lipinski definition) is 2. The first kappa shape index (κ1) is 22.0. The van der Waals surface area contributed by atoms with Gasteiger partial charge in [0.15, 0.2) is 5.78 Å². The van der Waals surface area contributed by atoms with Gasteiger partial charge < -0.3 is 5.32 Å². The van der Waals surface area contributed by atoms with Gasteiger partial charge in [-0.25, -0.2) is 17.2 Å². The van der Waals surface area contributed by atoms with Gasteiger partial charge in [-0.15, -0.1) is 0 Å². The molecular weight excluding hydrogens is 410 g/mol. The first-order valence-electron chi connectivity index (χ1n) is 9.46. The Morgan fingerprint density at radius 2 is 1.43 bits per heavy atom. The summed E-state index contributed by atoms with van der Waals surface area (Å²) in [4.78, 5) is 12.5. The number of halogens is 2. The third-order valence-corrected chi connectivity index (χ3v) is 6.50. The van der Waals surface area contributed by atoms with Crippen LogP contribution in [0.5, 0.6) is 0 Å². The van der Waals surface area contributed by atoms with Gasteiger partial charge in [-0.1, -0.05) is 13.8 Å². The van der Waals surface area contributed by atoms with Crippen molar-refractivity contribution >= 4 is 27.2 Å². The maximum Gasteiger partial charge on any atom is 0.267 e. The van der Waals surface area contributed by atoms with Crippen molar-refractivity contribution in [1.82, 2.24) is 0 Å². The molecule has 1 aliphatic carbocycles. The molecule has 2 aromatic rings. The van der Waals surface area contributed by atoms with E-state index < -0.39 is 32.9 Å². The van der Waals surface area contributed by atoms with E-state index in [0.717, 1.165) is 6.07 Å². The fourth-order valence-corrected chi connectivity index (χ4v) is 5.02. The third-order valence-electron chi connectivity index (χ3n) is 5.00. The van der Waals surface area contributed by atoms with E-state index in [1.54, 1.807) is 13.8 Å². The van der Waals surface area contributed by atoms with Crippen molar-refractivity contribution in [2.45, 2.75) is 40.5 Å². The first-order chi connectivity index (χ1) is 13.9. The van der Waals surface area contributed by atoms with Crippen molar-refractivity contribution in [2.24, 2.45) is 5.41 Å². The Hall–Kier alpha value is -2.74. The fraction of sp³-hybridized carbons (Fsp3) is 0.318. The summed E-state index contributed by atoms with van der Waals surface area (Å²) in [7, 11) is -4.24. The number of Topliss-reactive ketones (excluding diaryl/α,β-unsaturated/α-hetero) is 1. The SMILES string of the molecule is Cc1cc(F)ccc1NC1=C(S(=O)(=O)Nc2ccc(F)cc2C)C(=O)CC(C)(C)C1. The van der Waals surface area contributed by atoms with E-state index in [1.807, 2.05) is 13.8 Å². The maximum absolute atomic E-state index is 13.5. The number of allylic oxidation sites excluding steroid dienone is 2. The van der Waals surface area contributed by atoms with E-state index in [-0.39, 0.29) is 22.7 Å². The number of sulfonamides is 1. The summed E-state index contributed by atoms with van der Waals surface area (Å²) in [6.45, 7) is 7.02. The molecule has 0 aromatic heterocycles. The number of carbonyl (C=O) groups is 1. The topological polar surface area (TPSA) is 75.3 Å². The van der Waals surface area contributed by atoms with E-state index in [0.29, 0.717) is 23.2 Å². The smallest absolute Gasteiger partial charge is 0.267 e. The number of nitrogens with one attached hydrogen (secondary N) is 2. The minimum atomic E-state index is -4.24. The third kappa shape index (κ3) is 4.70. The lowest BCUT2D eigenvalue weighted by atomic mass is 9.78. The van der Waals surface area contributed by atoms with Crippen LogP contribution in [0.1, 0.15) is 37.8 Å². The second-order valence-electron chi connectivity index (χ2n) is 8.40. The van der Waals surface area contributed by atoms with Crippen LogP contribution in [0.15, 0.2) is 47.0 Å². The number of aryl methyl sites for hydroxylation is 2. The van der Waals surface area contributed by atoms with Gasteiger partial charge in [0.2, 0.25) is 0 Å². The summed E-state index contributed by atoms with van der Waals surface area (Å²) < 4.78 is 55.6. The van der Waals surface area contributed by atoms with E-state index >= 15 is 0 Å². The van der Waals surface area contributed by atoms with Crippen LogP contribution in [0.3, 0.4) is 0 Å². The summed E-state index contributed by atoms with van der Waals surface area (Å²) in [6, 6.07) is 7.76. The fourth-order valence-electron chi connectivity index (χ4n) is 3.58. The Bertz CT molecular complexity index is 1150. The zero-order valence-electron chi connectivity index (χ0n) is 17.3. The molecule has 1 aliphatic rings. The molecule has 5 nitrogen and oxygen atoms in total. The average molecular weight is 435 g/mol. The molecule has 2 aromatic carbocycles. The molecular formula is C22H24F2N2O3S. The predicted octanol–water partition coefficient (Wildman–Crippen LogP) is 5.04. The minimum Gasteiger partial charge on any atom is -0.357 e. The number of rotatable bonds is 5. The largest absolute Gasteiger partial charge is 0.357 e. The number of benzene rings is 2. The van der Waals surface area contributed by atoms with Crippen LogP contribution in [-0.2, 0) is 14.8 Å². The zero-order chi connectivity index (χ0) is 22.3. The zero-order valence-corrected chi connectivity index (χ0v) is 18.1. The molecule has 0 fully saturated rings. The van der Waals surface area contributed by atoms with Crippen molar-refractivity contribution in [3.05, 3.63) is 69.8 Å². The molecule has 0 amide bonds.